The average Bonchev–Trinajstić information content (AvgIpc) is 2.41. The maximum atomic E-state index is 12.5. The molecule has 2 aliphatic rings. The zero-order chi connectivity index (χ0) is 15.0. The standard InChI is InChI=1S/C17H20ClNO2/c1-10-5-6-15(14(18)7-10)19-17(21)13-8-11-3-2-4-12(9-13)16(11)20/h5-7,11-13H,2-4,8-9H2,1H3,(H,19,21)/t11-,12+,13?. The monoisotopic (exact) mass is 305 g/mol. The van der Waals surface area contributed by atoms with Crippen molar-refractivity contribution in [3.8, 4) is 0 Å². The van der Waals surface area contributed by atoms with Crippen LogP contribution in [0.15, 0.2) is 18.2 Å². The van der Waals surface area contributed by atoms with E-state index in [0.29, 0.717) is 29.3 Å². The van der Waals surface area contributed by atoms with Crippen molar-refractivity contribution in [3.63, 3.8) is 0 Å². The smallest absolute Gasteiger partial charge is 0.227 e. The molecular weight excluding hydrogens is 286 g/mol. The van der Waals surface area contributed by atoms with Gasteiger partial charge in [-0.2, -0.15) is 0 Å². The fraction of sp³-hybridized carbons (Fsp3) is 0.529. The Hall–Kier alpha value is -1.35. The predicted molar refractivity (Wildman–Crippen MR) is 83.4 cm³/mol. The Morgan fingerprint density at radius 3 is 2.52 bits per heavy atom. The van der Waals surface area contributed by atoms with Gasteiger partial charge in [0, 0.05) is 17.8 Å². The van der Waals surface area contributed by atoms with Crippen LogP contribution in [0.1, 0.15) is 37.7 Å². The molecule has 0 saturated heterocycles. The minimum absolute atomic E-state index is 0.00477. The summed E-state index contributed by atoms with van der Waals surface area (Å²) in [5.41, 5.74) is 1.73. The summed E-state index contributed by atoms with van der Waals surface area (Å²) in [5.74, 6) is 0.530. The van der Waals surface area contributed by atoms with Crippen molar-refractivity contribution in [3.05, 3.63) is 28.8 Å². The Bertz CT molecular complexity index is 568. The third-order valence-electron chi connectivity index (χ3n) is 4.80. The summed E-state index contributed by atoms with van der Waals surface area (Å²) >= 11 is 6.16. The third-order valence-corrected chi connectivity index (χ3v) is 5.11. The first-order valence-corrected chi connectivity index (χ1v) is 8.03. The molecule has 2 bridgehead atoms. The van der Waals surface area contributed by atoms with Crippen molar-refractivity contribution >= 4 is 29.0 Å². The Balaban J connectivity index is 1.70. The number of carbonyl (C=O) groups is 2. The highest BCUT2D eigenvalue weighted by Crippen LogP contribution is 2.40. The Morgan fingerprint density at radius 2 is 1.90 bits per heavy atom. The van der Waals surface area contributed by atoms with Gasteiger partial charge in [0.2, 0.25) is 5.91 Å². The number of fused-ring (bicyclic) bond motifs is 2. The van der Waals surface area contributed by atoms with Gasteiger partial charge in [-0.3, -0.25) is 9.59 Å². The maximum absolute atomic E-state index is 12.5. The van der Waals surface area contributed by atoms with E-state index in [1.807, 2.05) is 25.1 Å². The van der Waals surface area contributed by atoms with Crippen LogP contribution in [0.2, 0.25) is 5.02 Å². The fourth-order valence-electron chi connectivity index (χ4n) is 3.65. The number of anilines is 1. The largest absolute Gasteiger partial charge is 0.325 e. The first-order chi connectivity index (χ1) is 10.0. The van der Waals surface area contributed by atoms with Crippen molar-refractivity contribution in [2.75, 3.05) is 5.32 Å². The molecule has 0 spiro atoms. The van der Waals surface area contributed by atoms with Gasteiger partial charge in [-0.25, -0.2) is 0 Å². The molecule has 2 aliphatic carbocycles. The van der Waals surface area contributed by atoms with E-state index in [1.165, 1.54) is 0 Å². The molecule has 1 amide bonds. The van der Waals surface area contributed by atoms with Crippen molar-refractivity contribution in [2.45, 2.75) is 39.0 Å². The van der Waals surface area contributed by atoms with E-state index in [9.17, 15) is 9.59 Å². The molecule has 1 unspecified atom stereocenters. The van der Waals surface area contributed by atoms with Gasteiger partial charge < -0.3 is 5.32 Å². The normalized spacial score (nSPS) is 28.3. The predicted octanol–water partition coefficient (Wildman–Crippen LogP) is 3.98. The summed E-state index contributed by atoms with van der Waals surface area (Å²) in [5, 5.41) is 3.49. The quantitative estimate of drug-likeness (QED) is 0.898. The number of amides is 1. The Labute approximate surface area is 130 Å². The van der Waals surface area contributed by atoms with Crippen LogP contribution in [0, 0.1) is 24.7 Å². The molecule has 3 rings (SSSR count). The maximum Gasteiger partial charge on any atom is 0.227 e. The minimum atomic E-state index is -0.0598. The lowest BCUT2D eigenvalue weighted by Crippen LogP contribution is -2.40. The van der Waals surface area contributed by atoms with E-state index in [0.717, 1.165) is 24.8 Å². The summed E-state index contributed by atoms with van der Waals surface area (Å²) in [6.07, 6.45) is 4.42. The summed E-state index contributed by atoms with van der Waals surface area (Å²) in [6, 6.07) is 5.61. The Kier molecular flexibility index (Phi) is 4.03. The fourth-order valence-corrected chi connectivity index (χ4v) is 3.93. The molecule has 0 radical (unpaired) electrons. The number of ketones is 1. The van der Waals surface area contributed by atoms with Crippen LogP contribution in [-0.2, 0) is 9.59 Å². The highest BCUT2D eigenvalue weighted by atomic mass is 35.5. The number of Topliss-reactive ketones (excluding diaryl/α,β-unsaturated/α-hetero) is 1. The number of hydrogen-bond acceptors (Lipinski definition) is 2. The molecule has 3 nitrogen and oxygen atoms in total. The van der Waals surface area contributed by atoms with Gasteiger partial charge in [-0.1, -0.05) is 24.1 Å². The molecular formula is C17H20ClNO2. The number of rotatable bonds is 2. The number of nitrogens with one attached hydrogen (secondary N) is 1. The molecule has 3 atom stereocenters. The highest BCUT2D eigenvalue weighted by molar-refractivity contribution is 6.33. The van der Waals surface area contributed by atoms with Crippen molar-refractivity contribution in [1.29, 1.82) is 0 Å². The van der Waals surface area contributed by atoms with Crippen LogP contribution in [0.5, 0.6) is 0 Å². The highest BCUT2D eigenvalue weighted by Gasteiger charge is 2.41. The lowest BCUT2D eigenvalue weighted by atomic mass is 9.67. The minimum Gasteiger partial charge on any atom is -0.325 e. The SMILES string of the molecule is Cc1ccc(NC(=O)C2C[C@H]3CCC[C@@H](C2)C3=O)c(Cl)c1. The lowest BCUT2D eigenvalue weighted by Gasteiger charge is -2.37. The second-order valence-corrected chi connectivity index (χ2v) is 6.78. The number of aryl methyl sites for hydroxylation is 1. The second kappa shape index (κ2) is 5.80. The van der Waals surface area contributed by atoms with Crippen LogP contribution in [0.25, 0.3) is 0 Å². The average molecular weight is 306 g/mol. The van der Waals surface area contributed by atoms with E-state index < -0.39 is 0 Å². The topological polar surface area (TPSA) is 46.2 Å². The number of halogens is 1. The van der Waals surface area contributed by atoms with E-state index in [1.54, 1.807) is 0 Å². The first-order valence-electron chi connectivity index (χ1n) is 7.65. The third kappa shape index (κ3) is 2.98. The van der Waals surface area contributed by atoms with Crippen LogP contribution < -0.4 is 5.32 Å². The van der Waals surface area contributed by atoms with Gasteiger partial charge in [0.1, 0.15) is 5.78 Å². The molecule has 1 N–H and O–H groups in total. The van der Waals surface area contributed by atoms with Gasteiger partial charge in [0.15, 0.2) is 0 Å². The molecule has 4 heteroatoms. The van der Waals surface area contributed by atoms with E-state index in [4.69, 9.17) is 11.6 Å². The van der Waals surface area contributed by atoms with Crippen molar-refractivity contribution in [2.24, 2.45) is 17.8 Å². The second-order valence-electron chi connectivity index (χ2n) is 6.37. The zero-order valence-corrected chi connectivity index (χ0v) is 13.0. The summed E-state index contributed by atoms with van der Waals surface area (Å²) < 4.78 is 0. The number of benzene rings is 1. The van der Waals surface area contributed by atoms with Crippen molar-refractivity contribution in [1.82, 2.24) is 0 Å². The summed E-state index contributed by atoms with van der Waals surface area (Å²) in [4.78, 5) is 24.5. The molecule has 0 heterocycles. The number of hydrogen-bond donors (Lipinski definition) is 1. The van der Waals surface area contributed by atoms with Gasteiger partial charge >= 0.3 is 0 Å². The van der Waals surface area contributed by atoms with Gasteiger partial charge in [0.05, 0.1) is 10.7 Å². The molecule has 1 aromatic rings. The molecule has 0 aliphatic heterocycles. The molecule has 1 aromatic carbocycles. The van der Waals surface area contributed by atoms with Crippen LogP contribution >= 0.6 is 11.6 Å². The van der Waals surface area contributed by atoms with Crippen LogP contribution in [-0.4, -0.2) is 11.7 Å². The molecule has 112 valence electrons. The molecule has 0 aromatic heterocycles. The van der Waals surface area contributed by atoms with E-state index in [2.05, 4.69) is 5.32 Å². The van der Waals surface area contributed by atoms with Gasteiger partial charge in [-0.15, -0.1) is 0 Å². The first kappa shape index (κ1) is 14.6. The van der Waals surface area contributed by atoms with Gasteiger partial charge in [-0.05, 0) is 50.3 Å². The van der Waals surface area contributed by atoms with Crippen LogP contribution in [0.4, 0.5) is 5.69 Å². The summed E-state index contributed by atoms with van der Waals surface area (Å²) in [6.45, 7) is 1.96. The Morgan fingerprint density at radius 1 is 1.24 bits per heavy atom. The molecule has 2 fully saturated rings. The van der Waals surface area contributed by atoms with E-state index >= 15 is 0 Å². The molecule has 2 saturated carbocycles. The summed E-state index contributed by atoms with van der Waals surface area (Å²) in [7, 11) is 0. The molecule has 21 heavy (non-hydrogen) atoms. The zero-order valence-electron chi connectivity index (χ0n) is 12.2. The van der Waals surface area contributed by atoms with E-state index in [-0.39, 0.29) is 23.7 Å². The van der Waals surface area contributed by atoms with Crippen LogP contribution in [0.3, 0.4) is 0 Å². The lowest BCUT2D eigenvalue weighted by molar-refractivity contribution is -0.136. The van der Waals surface area contributed by atoms with Gasteiger partial charge in [0.25, 0.3) is 0 Å². The number of carbonyl (C=O) groups excluding carboxylic acids is 2. The van der Waals surface area contributed by atoms with Crippen molar-refractivity contribution < 1.29 is 9.59 Å².